The number of carbonyl (C=O) groups is 2. The molecule has 0 saturated heterocycles. The molecule has 0 spiro atoms. The Labute approximate surface area is 200 Å². The van der Waals surface area contributed by atoms with Crippen molar-refractivity contribution in [3.8, 4) is 0 Å². The second-order valence-electron chi connectivity index (χ2n) is 7.57. The van der Waals surface area contributed by atoms with Gasteiger partial charge in [0, 0.05) is 17.5 Å². The van der Waals surface area contributed by atoms with Gasteiger partial charge in [-0.3, -0.25) is 9.59 Å². The van der Waals surface area contributed by atoms with E-state index in [-0.39, 0.29) is 17.2 Å². The Bertz CT molecular complexity index is 1280. The first-order chi connectivity index (χ1) is 16.4. The van der Waals surface area contributed by atoms with Gasteiger partial charge in [-0.2, -0.15) is 0 Å². The molecule has 0 radical (unpaired) electrons. The van der Waals surface area contributed by atoms with E-state index >= 15 is 0 Å². The summed E-state index contributed by atoms with van der Waals surface area (Å²) in [7, 11) is 0. The second kappa shape index (κ2) is 10.4. The van der Waals surface area contributed by atoms with Gasteiger partial charge in [-0.05, 0) is 36.8 Å². The number of hydrogen-bond acceptors (Lipinski definition) is 5. The number of para-hydroxylation sites is 1. The van der Waals surface area contributed by atoms with Crippen LogP contribution in [0.1, 0.15) is 28.9 Å². The Morgan fingerprint density at radius 2 is 1.68 bits per heavy atom. The molecular formula is C26H21F2N3O2S. The number of ketones is 1. The number of carbonyl (C=O) groups excluding carboxylic acids is 2. The van der Waals surface area contributed by atoms with Crippen molar-refractivity contribution in [2.24, 2.45) is 4.99 Å². The van der Waals surface area contributed by atoms with Gasteiger partial charge in [-0.25, -0.2) is 13.8 Å². The second-order valence-corrected chi connectivity index (χ2v) is 8.53. The number of nitrogens with zero attached hydrogens (tertiary/aromatic N) is 1. The summed E-state index contributed by atoms with van der Waals surface area (Å²) in [5.41, 5.74) is 2.35. The minimum atomic E-state index is -0.901. The molecule has 1 atom stereocenters. The van der Waals surface area contributed by atoms with Crippen molar-refractivity contribution in [2.75, 3.05) is 11.1 Å². The zero-order valence-corrected chi connectivity index (χ0v) is 19.0. The number of anilines is 1. The Balaban J connectivity index is 1.56. The van der Waals surface area contributed by atoms with E-state index in [1.165, 1.54) is 0 Å². The van der Waals surface area contributed by atoms with Gasteiger partial charge in [-0.15, -0.1) is 0 Å². The van der Waals surface area contributed by atoms with Gasteiger partial charge < -0.3 is 10.6 Å². The molecule has 0 fully saturated rings. The van der Waals surface area contributed by atoms with Crippen LogP contribution in [0.15, 0.2) is 95.1 Å². The van der Waals surface area contributed by atoms with Crippen molar-refractivity contribution in [1.82, 2.24) is 5.32 Å². The molecule has 3 aromatic carbocycles. The zero-order valence-electron chi connectivity index (χ0n) is 18.2. The van der Waals surface area contributed by atoms with E-state index in [1.54, 1.807) is 19.1 Å². The normalized spacial score (nSPS) is 15.4. The number of rotatable bonds is 6. The topological polar surface area (TPSA) is 70.6 Å². The molecule has 0 aliphatic carbocycles. The first-order valence-corrected chi connectivity index (χ1v) is 11.5. The standard InChI is InChI=1S/C26H21F2N3O2S/c1-16-23(25(33)30-19-10-6-3-7-11-19)24(17-8-4-2-5-9-17)31-26(29-16)34-15-22(32)20-13-12-18(27)14-21(20)28/h2-14,24H,15H2,1H3,(H,29,31)(H,30,33)/t24-/m1/s1. The average Bonchev–Trinajstić information content (AvgIpc) is 2.83. The summed E-state index contributed by atoms with van der Waals surface area (Å²) in [4.78, 5) is 30.4. The molecule has 0 saturated carbocycles. The molecule has 4 rings (SSSR count). The molecule has 34 heavy (non-hydrogen) atoms. The molecule has 1 amide bonds. The number of allylic oxidation sites excluding steroid dienone is 1. The Morgan fingerprint density at radius 3 is 2.35 bits per heavy atom. The van der Waals surface area contributed by atoms with E-state index < -0.39 is 23.5 Å². The molecular weight excluding hydrogens is 456 g/mol. The van der Waals surface area contributed by atoms with Crippen molar-refractivity contribution in [3.63, 3.8) is 0 Å². The fourth-order valence-corrected chi connectivity index (χ4v) is 4.37. The van der Waals surface area contributed by atoms with Crippen LogP contribution >= 0.6 is 11.8 Å². The molecule has 0 aromatic heterocycles. The van der Waals surface area contributed by atoms with Crippen LogP contribution in [0, 0.1) is 11.6 Å². The molecule has 172 valence electrons. The van der Waals surface area contributed by atoms with Gasteiger partial charge in [0.2, 0.25) is 0 Å². The fraction of sp³-hybridized carbons (Fsp3) is 0.115. The number of aliphatic imine (C=N–C) groups is 1. The predicted octanol–water partition coefficient (Wildman–Crippen LogP) is 5.49. The smallest absolute Gasteiger partial charge is 0.255 e. The highest BCUT2D eigenvalue weighted by Crippen LogP contribution is 2.33. The Morgan fingerprint density at radius 1 is 1.00 bits per heavy atom. The van der Waals surface area contributed by atoms with E-state index in [1.807, 2.05) is 48.5 Å². The van der Waals surface area contributed by atoms with E-state index in [0.29, 0.717) is 28.2 Å². The summed E-state index contributed by atoms with van der Waals surface area (Å²) in [5.74, 6) is -2.52. The maximum Gasteiger partial charge on any atom is 0.255 e. The summed E-state index contributed by atoms with van der Waals surface area (Å²) in [6.07, 6.45) is 0. The molecule has 1 aliphatic rings. The van der Waals surface area contributed by atoms with Crippen molar-refractivity contribution in [1.29, 1.82) is 0 Å². The van der Waals surface area contributed by atoms with Crippen LogP contribution in [-0.4, -0.2) is 22.6 Å². The van der Waals surface area contributed by atoms with Gasteiger partial charge >= 0.3 is 0 Å². The summed E-state index contributed by atoms with van der Waals surface area (Å²) >= 11 is 1.10. The SMILES string of the molecule is CC1=C(C(=O)Nc2ccccc2)[C@@H](c2ccccc2)N=C(SCC(=O)c2ccc(F)cc2F)N1. The number of amides is 1. The molecule has 0 bridgehead atoms. The van der Waals surface area contributed by atoms with Gasteiger partial charge in [0.1, 0.15) is 17.7 Å². The molecule has 5 nitrogen and oxygen atoms in total. The van der Waals surface area contributed by atoms with Crippen molar-refractivity contribution in [3.05, 3.63) is 113 Å². The highest BCUT2D eigenvalue weighted by Gasteiger charge is 2.29. The fourth-order valence-electron chi connectivity index (χ4n) is 3.54. The third-order valence-electron chi connectivity index (χ3n) is 5.18. The summed E-state index contributed by atoms with van der Waals surface area (Å²) in [6, 6.07) is 20.8. The first-order valence-electron chi connectivity index (χ1n) is 10.5. The summed E-state index contributed by atoms with van der Waals surface area (Å²) in [6.45, 7) is 1.77. The third-order valence-corrected chi connectivity index (χ3v) is 6.07. The third kappa shape index (κ3) is 5.40. The van der Waals surface area contributed by atoms with Crippen LogP contribution in [0.2, 0.25) is 0 Å². The van der Waals surface area contributed by atoms with Crippen LogP contribution in [-0.2, 0) is 4.79 Å². The van der Waals surface area contributed by atoms with Crippen LogP contribution in [0.3, 0.4) is 0 Å². The van der Waals surface area contributed by atoms with Crippen molar-refractivity contribution < 1.29 is 18.4 Å². The van der Waals surface area contributed by atoms with Crippen LogP contribution in [0.5, 0.6) is 0 Å². The number of Topliss-reactive ketones (excluding diaryl/α,β-unsaturated/α-hetero) is 1. The molecule has 2 N–H and O–H groups in total. The number of benzene rings is 3. The molecule has 0 unspecified atom stereocenters. The van der Waals surface area contributed by atoms with Crippen molar-refractivity contribution in [2.45, 2.75) is 13.0 Å². The highest BCUT2D eigenvalue weighted by molar-refractivity contribution is 8.14. The lowest BCUT2D eigenvalue weighted by atomic mass is 9.96. The van der Waals surface area contributed by atoms with E-state index in [2.05, 4.69) is 10.6 Å². The number of thioether (sulfide) groups is 1. The Kier molecular flexibility index (Phi) is 7.18. The molecule has 1 aliphatic heterocycles. The number of halogens is 2. The maximum atomic E-state index is 14.0. The van der Waals surface area contributed by atoms with Crippen LogP contribution in [0.25, 0.3) is 0 Å². The molecule has 3 aromatic rings. The number of hydrogen-bond donors (Lipinski definition) is 2. The van der Waals surface area contributed by atoms with E-state index in [9.17, 15) is 18.4 Å². The Hall–Kier alpha value is -3.78. The highest BCUT2D eigenvalue weighted by atomic mass is 32.2. The number of amidine groups is 1. The lowest BCUT2D eigenvalue weighted by molar-refractivity contribution is -0.113. The van der Waals surface area contributed by atoms with Crippen LogP contribution in [0.4, 0.5) is 14.5 Å². The number of nitrogens with one attached hydrogen (secondary N) is 2. The van der Waals surface area contributed by atoms with E-state index in [4.69, 9.17) is 4.99 Å². The lowest BCUT2D eigenvalue weighted by Crippen LogP contribution is -2.32. The quantitative estimate of drug-likeness (QED) is 0.461. The van der Waals surface area contributed by atoms with E-state index in [0.717, 1.165) is 29.5 Å². The monoisotopic (exact) mass is 477 g/mol. The predicted molar refractivity (Wildman–Crippen MR) is 131 cm³/mol. The summed E-state index contributed by atoms with van der Waals surface area (Å²) in [5, 5.41) is 6.42. The zero-order chi connectivity index (χ0) is 24.1. The minimum Gasteiger partial charge on any atom is -0.338 e. The van der Waals surface area contributed by atoms with Crippen molar-refractivity contribution >= 4 is 34.3 Å². The van der Waals surface area contributed by atoms with Gasteiger partial charge in [0.25, 0.3) is 5.91 Å². The largest absolute Gasteiger partial charge is 0.338 e. The first kappa shape index (κ1) is 23.4. The minimum absolute atomic E-state index is 0.102. The van der Waals surface area contributed by atoms with Gasteiger partial charge in [-0.1, -0.05) is 60.3 Å². The van der Waals surface area contributed by atoms with Gasteiger partial charge in [0.05, 0.1) is 16.9 Å². The summed E-state index contributed by atoms with van der Waals surface area (Å²) < 4.78 is 27.1. The lowest BCUT2D eigenvalue weighted by Gasteiger charge is -2.26. The van der Waals surface area contributed by atoms with Gasteiger partial charge in [0.15, 0.2) is 11.0 Å². The maximum absolute atomic E-state index is 14.0. The average molecular weight is 478 g/mol. The van der Waals surface area contributed by atoms with Crippen LogP contribution < -0.4 is 10.6 Å². The molecule has 8 heteroatoms. The molecule has 1 heterocycles.